The normalized spacial score (nSPS) is 11.2. The van der Waals surface area contributed by atoms with E-state index in [2.05, 4.69) is 25.6 Å². The highest BCUT2D eigenvalue weighted by molar-refractivity contribution is 9.10. The van der Waals surface area contributed by atoms with Crippen LogP contribution in [0.3, 0.4) is 0 Å². The van der Waals surface area contributed by atoms with Crippen molar-refractivity contribution in [1.82, 2.24) is 4.98 Å². The lowest BCUT2D eigenvalue weighted by Crippen LogP contribution is -2.14. The van der Waals surface area contributed by atoms with Crippen molar-refractivity contribution in [2.45, 2.75) is 4.90 Å². The topological polar surface area (TPSA) is 62.3 Å². The van der Waals surface area contributed by atoms with E-state index in [1.807, 2.05) is 31.1 Å². The molecule has 0 saturated carbocycles. The molecule has 1 heterocycles. The van der Waals surface area contributed by atoms with E-state index in [9.17, 15) is 8.42 Å². The Bertz CT molecular complexity index is 749. The fraction of sp³-hybridized carbons (Fsp3) is 0.154. The van der Waals surface area contributed by atoms with Crippen LogP contribution in [0.4, 0.5) is 11.4 Å². The monoisotopic (exact) mass is 389 g/mol. The van der Waals surface area contributed by atoms with Crippen LogP contribution in [0.1, 0.15) is 0 Å². The second-order valence-corrected chi connectivity index (χ2v) is 7.41. The van der Waals surface area contributed by atoms with Crippen LogP contribution in [0, 0.1) is 0 Å². The first kappa shape index (κ1) is 16.1. The molecular formula is C13H13BrClN3O2S. The zero-order valence-corrected chi connectivity index (χ0v) is 14.5. The number of hydrogen-bond acceptors (Lipinski definition) is 4. The van der Waals surface area contributed by atoms with E-state index < -0.39 is 10.0 Å². The van der Waals surface area contributed by atoms with Crippen LogP contribution in [0.15, 0.2) is 45.9 Å². The molecule has 0 amide bonds. The summed E-state index contributed by atoms with van der Waals surface area (Å²) in [4.78, 5) is 5.67. The Kier molecular flexibility index (Phi) is 4.75. The van der Waals surface area contributed by atoms with Gasteiger partial charge in [-0.15, -0.1) is 0 Å². The van der Waals surface area contributed by atoms with E-state index in [1.54, 1.807) is 12.1 Å². The fourth-order valence-electron chi connectivity index (χ4n) is 1.63. The van der Waals surface area contributed by atoms with Gasteiger partial charge in [0.05, 0.1) is 0 Å². The number of sulfonamides is 1. The molecule has 1 N–H and O–H groups in total. The van der Waals surface area contributed by atoms with E-state index in [-0.39, 0.29) is 10.0 Å². The van der Waals surface area contributed by atoms with Gasteiger partial charge >= 0.3 is 0 Å². The third-order valence-corrected chi connectivity index (χ3v) is 4.94. The van der Waals surface area contributed by atoms with Crippen molar-refractivity contribution >= 4 is 48.9 Å². The first-order valence-corrected chi connectivity index (χ1v) is 8.56. The Morgan fingerprint density at radius 3 is 2.43 bits per heavy atom. The molecule has 0 aliphatic rings. The van der Waals surface area contributed by atoms with Gasteiger partial charge < -0.3 is 4.90 Å². The molecular weight excluding hydrogens is 378 g/mol. The van der Waals surface area contributed by atoms with Crippen LogP contribution in [0.25, 0.3) is 0 Å². The van der Waals surface area contributed by atoms with Crippen molar-refractivity contribution in [2.75, 3.05) is 23.7 Å². The Hall–Kier alpha value is -1.31. The second kappa shape index (κ2) is 6.21. The predicted octanol–water partition coefficient (Wildman–Crippen LogP) is 3.36. The van der Waals surface area contributed by atoms with Crippen LogP contribution in [0.2, 0.25) is 5.15 Å². The molecule has 0 atom stereocenters. The zero-order chi connectivity index (χ0) is 15.6. The van der Waals surface area contributed by atoms with Crippen LogP contribution < -0.4 is 9.62 Å². The summed E-state index contributed by atoms with van der Waals surface area (Å²) in [5.74, 6) is 0. The fourth-order valence-corrected chi connectivity index (χ4v) is 3.63. The van der Waals surface area contributed by atoms with Crippen molar-refractivity contribution in [3.63, 3.8) is 0 Å². The van der Waals surface area contributed by atoms with Gasteiger partial charge in [-0.25, -0.2) is 13.4 Å². The molecule has 2 aromatic rings. The third-order valence-electron chi connectivity index (χ3n) is 2.70. The number of rotatable bonds is 4. The van der Waals surface area contributed by atoms with E-state index in [0.717, 1.165) is 5.69 Å². The highest BCUT2D eigenvalue weighted by Gasteiger charge is 2.19. The Balaban J connectivity index is 2.31. The third kappa shape index (κ3) is 3.87. The lowest BCUT2D eigenvalue weighted by atomic mass is 10.3. The van der Waals surface area contributed by atoms with Gasteiger partial charge in [-0.1, -0.05) is 11.6 Å². The predicted molar refractivity (Wildman–Crippen MR) is 88.5 cm³/mol. The largest absolute Gasteiger partial charge is 0.378 e. The number of benzene rings is 1. The van der Waals surface area contributed by atoms with Crippen molar-refractivity contribution in [3.8, 4) is 0 Å². The minimum atomic E-state index is -3.79. The SMILES string of the molecule is CN(C)c1ccc(NS(=O)(=O)c2cc(Br)cnc2Cl)cc1. The summed E-state index contributed by atoms with van der Waals surface area (Å²) in [5.41, 5.74) is 1.43. The minimum Gasteiger partial charge on any atom is -0.378 e. The highest BCUT2D eigenvalue weighted by Crippen LogP contribution is 2.25. The number of anilines is 2. The first-order chi connectivity index (χ1) is 9.79. The number of nitrogens with one attached hydrogen (secondary N) is 1. The average Bonchev–Trinajstić information content (AvgIpc) is 2.41. The molecule has 1 aromatic heterocycles. The molecule has 0 bridgehead atoms. The van der Waals surface area contributed by atoms with Gasteiger partial charge in [-0.05, 0) is 46.3 Å². The van der Waals surface area contributed by atoms with E-state index >= 15 is 0 Å². The molecule has 112 valence electrons. The van der Waals surface area contributed by atoms with Crippen LogP contribution in [-0.4, -0.2) is 27.5 Å². The summed E-state index contributed by atoms with van der Waals surface area (Å²) in [5, 5.41) is -0.0735. The van der Waals surface area contributed by atoms with Gasteiger partial charge in [-0.3, -0.25) is 4.72 Å². The maximum absolute atomic E-state index is 12.3. The Labute approximate surface area is 137 Å². The van der Waals surface area contributed by atoms with Crippen molar-refractivity contribution < 1.29 is 8.42 Å². The summed E-state index contributed by atoms with van der Waals surface area (Å²) in [7, 11) is 0.0300. The summed E-state index contributed by atoms with van der Waals surface area (Å²) in [6, 6.07) is 8.42. The smallest absolute Gasteiger partial charge is 0.265 e. The highest BCUT2D eigenvalue weighted by atomic mass is 79.9. The van der Waals surface area contributed by atoms with Crippen molar-refractivity contribution in [1.29, 1.82) is 0 Å². The zero-order valence-electron chi connectivity index (χ0n) is 11.3. The lowest BCUT2D eigenvalue weighted by Gasteiger charge is -2.14. The van der Waals surface area contributed by atoms with E-state index in [4.69, 9.17) is 11.6 Å². The van der Waals surface area contributed by atoms with Gasteiger partial charge in [0.25, 0.3) is 10.0 Å². The summed E-state index contributed by atoms with van der Waals surface area (Å²) >= 11 is 9.04. The maximum Gasteiger partial charge on any atom is 0.265 e. The number of aromatic nitrogens is 1. The molecule has 0 fully saturated rings. The molecule has 0 spiro atoms. The standard InChI is InChI=1S/C13H13BrClN3O2S/c1-18(2)11-5-3-10(4-6-11)17-21(19,20)12-7-9(14)8-16-13(12)15/h3-8,17H,1-2H3. The molecule has 2 rings (SSSR count). The van der Waals surface area contributed by atoms with Crippen LogP contribution >= 0.6 is 27.5 Å². The van der Waals surface area contributed by atoms with Gasteiger partial charge in [0, 0.05) is 36.1 Å². The lowest BCUT2D eigenvalue weighted by molar-refractivity contribution is 0.601. The molecule has 0 unspecified atom stereocenters. The summed E-state index contributed by atoms with van der Waals surface area (Å²) in [6.07, 6.45) is 1.44. The van der Waals surface area contributed by atoms with Crippen LogP contribution in [-0.2, 0) is 10.0 Å². The molecule has 8 heteroatoms. The van der Waals surface area contributed by atoms with Crippen LogP contribution in [0.5, 0.6) is 0 Å². The van der Waals surface area contributed by atoms with E-state index in [0.29, 0.717) is 10.2 Å². The van der Waals surface area contributed by atoms with Gasteiger partial charge in [0.2, 0.25) is 0 Å². The molecule has 21 heavy (non-hydrogen) atoms. The second-order valence-electron chi connectivity index (χ2n) is 4.49. The molecule has 0 saturated heterocycles. The summed E-state index contributed by atoms with van der Waals surface area (Å²) in [6.45, 7) is 0. The molecule has 0 radical (unpaired) electrons. The number of hydrogen-bond donors (Lipinski definition) is 1. The quantitative estimate of drug-likeness (QED) is 0.813. The maximum atomic E-state index is 12.3. The Morgan fingerprint density at radius 2 is 1.86 bits per heavy atom. The number of pyridine rings is 1. The first-order valence-electron chi connectivity index (χ1n) is 5.91. The number of nitrogens with zero attached hydrogens (tertiary/aromatic N) is 2. The Morgan fingerprint density at radius 1 is 1.24 bits per heavy atom. The molecule has 5 nitrogen and oxygen atoms in total. The summed E-state index contributed by atoms with van der Waals surface area (Å²) < 4.78 is 27.7. The van der Waals surface area contributed by atoms with Crippen molar-refractivity contribution in [3.05, 3.63) is 46.2 Å². The van der Waals surface area contributed by atoms with Gasteiger partial charge in [-0.2, -0.15) is 0 Å². The molecule has 0 aliphatic heterocycles. The van der Waals surface area contributed by atoms with E-state index in [1.165, 1.54) is 12.3 Å². The van der Waals surface area contributed by atoms with Crippen molar-refractivity contribution in [2.24, 2.45) is 0 Å². The average molecular weight is 391 g/mol. The minimum absolute atomic E-state index is 0.0735. The number of halogens is 2. The molecule has 0 aliphatic carbocycles. The van der Waals surface area contributed by atoms with Gasteiger partial charge in [0.15, 0.2) is 0 Å². The van der Waals surface area contributed by atoms with Gasteiger partial charge in [0.1, 0.15) is 10.0 Å². The molecule has 1 aromatic carbocycles.